The Balaban J connectivity index is 2.05. The summed E-state index contributed by atoms with van der Waals surface area (Å²) in [4.78, 5) is 25.8. The highest BCUT2D eigenvalue weighted by atomic mass is 32.2. The Hall–Kier alpha value is -2.47. The van der Waals surface area contributed by atoms with Crippen LogP contribution < -0.4 is 15.4 Å². The van der Waals surface area contributed by atoms with Gasteiger partial charge in [0, 0.05) is 5.56 Å². The summed E-state index contributed by atoms with van der Waals surface area (Å²) in [6, 6.07) is 14.5. The maximum absolute atomic E-state index is 13.0. The molecule has 0 fully saturated rings. The molecular formula is C26H36N2O3S. The van der Waals surface area contributed by atoms with Crippen LogP contribution in [0.25, 0.3) is 0 Å². The van der Waals surface area contributed by atoms with Crippen molar-refractivity contribution in [2.75, 3.05) is 18.6 Å². The van der Waals surface area contributed by atoms with Crippen LogP contribution in [0, 0.1) is 0 Å². The molecule has 2 N–H and O–H groups in total. The Bertz CT molecular complexity index is 873. The number of hydrogen-bond acceptors (Lipinski definition) is 4. The molecule has 0 bridgehead atoms. The molecule has 6 heteroatoms. The molecule has 0 radical (unpaired) electrons. The summed E-state index contributed by atoms with van der Waals surface area (Å²) in [7, 11) is 0. The smallest absolute Gasteiger partial charge is 0.251 e. The van der Waals surface area contributed by atoms with Crippen LogP contribution in [0.4, 0.5) is 0 Å². The van der Waals surface area contributed by atoms with Gasteiger partial charge in [-0.05, 0) is 73.1 Å². The van der Waals surface area contributed by atoms with Crippen LogP contribution in [0.5, 0.6) is 5.75 Å². The number of thioether (sulfide) groups is 1. The summed E-state index contributed by atoms with van der Waals surface area (Å²) in [5.74, 6) is 1.16. The number of benzene rings is 2. The van der Waals surface area contributed by atoms with E-state index in [0.717, 1.165) is 22.6 Å². The molecule has 2 unspecified atom stereocenters. The van der Waals surface area contributed by atoms with Gasteiger partial charge in [-0.2, -0.15) is 11.8 Å². The van der Waals surface area contributed by atoms with Gasteiger partial charge in [-0.1, -0.05) is 45.0 Å². The summed E-state index contributed by atoms with van der Waals surface area (Å²) in [6.45, 7) is 10.9. The minimum atomic E-state index is -0.595. The maximum Gasteiger partial charge on any atom is 0.251 e. The van der Waals surface area contributed by atoms with E-state index in [0.29, 0.717) is 18.6 Å². The lowest BCUT2D eigenvalue weighted by molar-refractivity contribution is -0.123. The Morgan fingerprint density at radius 3 is 2.16 bits per heavy atom. The van der Waals surface area contributed by atoms with Crippen LogP contribution in [0.2, 0.25) is 0 Å². The van der Waals surface area contributed by atoms with Crippen molar-refractivity contribution < 1.29 is 14.3 Å². The fourth-order valence-corrected chi connectivity index (χ4v) is 3.76. The van der Waals surface area contributed by atoms with Crippen LogP contribution in [0.15, 0.2) is 48.5 Å². The van der Waals surface area contributed by atoms with E-state index in [9.17, 15) is 9.59 Å². The van der Waals surface area contributed by atoms with Crippen molar-refractivity contribution in [1.29, 1.82) is 0 Å². The fraction of sp³-hybridized carbons (Fsp3) is 0.462. The minimum absolute atomic E-state index is 0.0206. The van der Waals surface area contributed by atoms with E-state index in [1.807, 2.05) is 68.6 Å². The summed E-state index contributed by atoms with van der Waals surface area (Å²) in [5.41, 5.74) is 2.72. The number of carbonyl (C=O) groups is 2. The first-order valence-corrected chi connectivity index (χ1v) is 12.5. The molecule has 32 heavy (non-hydrogen) atoms. The molecule has 174 valence electrons. The maximum atomic E-state index is 13.0. The highest BCUT2D eigenvalue weighted by Gasteiger charge is 2.23. The third-order valence-corrected chi connectivity index (χ3v) is 5.94. The van der Waals surface area contributed by atoms with Crippen molar-refractivity contribution in [1.82, 2.24) is 10.6 Å². The Morgan fingerprint density at radius 1 is 1.00 bits per heavy atom. The summed E-state index contributed by atoms with van der Waals surface area (Å²) in [6.07, 6.45) is 2.55. The van der Waals surface area contributed by atoms with Gasteiger partial charge in [-0.15, -0.1) is 0 Å². The van der Waals surface area contributed by atoms with Crippen molar-refractivity contribution in [3.63, 3.8) is 0 Å². The second-order valence-corrected chi connectivity index (χ2v) is 9.85. The predicted octanol–water partition coefficient (Wildman–Crippen LogP) is 5.11. The van der Waals surface area contributed by atoms with E-state index in [4.69, 9.17) is 4.74 Å². The number of ether oxygens (including phenoxy) is 1. The molecule has 0 spiro atoms. The molecule has 0 aromatic heterocycles. The third kappa shape index (κ3) is 7.59. The zero-order chi connectivity index (χ0) is 23.7. The molecule has 2 aromatic rings. The van der Waals surface area contributed by atoms with Crippen molar-refractivity contribution in [2.45, 2.75) is 58.5 Å². The Kier molecular flexibility index (Phi) is 9.63. The Labute approximate surface area is 196 Å². The van der Waals surface area contributed by atoms with Gasteiger partial charge in [-0.3, -0.25) is 9.59 Å². The normalized spacial score (nSPS) is 13.2. The minimum Gasteiger partial charge on any atom is -0.494 e. The predicted molar refractivity (Wildman–Crippen MR) is 134 cm³/mol. The standard InChI is InChI=1S/C26H36N2O3S/c1-7-31-22-14-10-19(11-15-22)18(2)27-25(30)23(16-17-32-6)28-24(29)20-8-12-21(13-9-20)26(3,4)5/h8-15,18,23H,7,16-17H2,1-6H3,(H,27,30)(H,28,29). The number of amides is 2. The summed E-state index contributed by atoms with van der Waals surface area (Å²) < 4.78 is 5.48. The molecular weight excluding hydrogens is 420 g/mol. The largest absolute Gasteiger partial charge is 0.494 e. The quantitative estimate of drug-likeness (QED) is 0.521. The van der Waals surface area contributed by atoms with E-state index in [2.05, 4.69) is 31.4 Å². The molecule has 0 saturated carbocycles. The van der Waals surface area contributed by atoms with Crippen LogP contribution in [0.1, 0.15) is 68.6 Å². The van der Waals surface area contributed by atoms with Crippen LogP contribution >= 0.6 is 11.8 Å². The highest BCUT2D eigenvalue weighted by Crippen LogP contribution is 2.22. The first kappa shape index (κ1) is 25.8. The summed E-state index contributed by atoms with van der Waals surface area (Å²) >= 11 is 1.65. The molecule has 5 nitrogen and oxygen atoms in total. The average molecular weight is 457 g/mol. The zero-order valence-corrected chi connectivity index (χ0v) is 20.8. The van der Waals surface area contributed by atoms with E-state index < -0.39 is 6.04 Å². The molecule has 0 saturated heterocycles. The lowest BCUT2D eigenvalue weighted by Crippen LogP contribution is -2.47. The number of hydrogen-bond donors (Lipinski definition) is 2. The van der Waals surface area contributed by atoms with Crippen molar-refractivity contribution in [3.05, 3.63) is 65.2 Å². The molecule has 0 aliphatic heterocycles. The second-order valence-electron chi connectivity index (χ2n) is 8.87. The van der Waals surface area contributed by atoms with Crippen LogP contribution in [-0.2, 0) is 10.2 Å². The van der Waals surface area contributed by atoms with Crippen molar-refractivity contribution in [3.8, 4) is 5.75 Å². The van der Waals surface area contributed by atoms with Crippen molar-refractivity contribution >= 4 is 23.6 Å². The fourth-order valence-electron chi connectivity index (χ4n) is 3.28. The van der Waals surface area contributed by atoms with Gasteiger partial charge in [0.05, 0.1) is 12.6 Å². The number of nitrogens with one attached hydrogen (secondary N) is 2. The molecule has 2 rings (SSSR count). The van der Waals surface area contributed by atoms with Gasteiger partial charge in [0.25, 0.3) is 5.91 Å². The first-order chi connectivity index (χ1) is 15.2. The lowest BCUT2D eigenvalue weighted by Gasteiger charge is -2.22. The Morgan fingerprint density at radius 2 is 1.62 bits per heavy atom. The number of carbonyl (C=O) groups excluding carboxylic acids is 2. The first-order valence-electron chi connectivity index (χ1n) is 11.1. The zero-order valence-electron chi connectivity index (χ0n) is 20.0. The van der Waals surface area contributed by atoms with Gasteiger partial charge in [0.15, 0.2) is 0 Å². The molecule has 0 aliphatic rings. The molecule has 0 aliphatic carbocycles. The molecule has 0 heterocycles. The van der Waals surface area contributed by atoms with Crippen molar-refractivity contribution in [2.24, 2.45) is 0 Å². The van der Waals surface area contributed by atoms with E-state index in [1.54, 1.807) is 11.8 Å². The van der Waals surface area contributed by atoms with Crippen LogP contribution in [-0.4, -0.2) is 36.5 Å². The van der Waals surface area contributed by atoms with Gasteiger partial charge in [0.2, 0.25) is 5.91 Å². The van der Waals surface area contributed by atoms with Gasteiger partial charge < -0.3 is 15.4 Å². The third-order valence-electron chi connectivity index (χ3n) is 5.30. The lowest BCUT2D eigenvalue weighted by atomic mass is 9.86. The van der Waals surface area contributed by atoms with Crippen LogP contribution in [0.3, 0.4) is 0 Å². The van der Waals surface area contributed by atoms with Gasteiger partial charge in [0.1, 0.15) is 11.8 Å². The van der Waals surface area contributed by atoms with E-state index in [-0.39, 0.29) is 23.3 Å². The highest BCUT2D eigenvalue weighted by molar-refractivity contribution is 7.98. The monoisotopic (exact) mass is 456 g/mol. The van der Waals surface area contributed by atoms with Gasteiger partial charge in [-0.25, -0.2) is 0 Å². The topological polar surface area (TPSA) is 67.4 Å². The average Bonchev–Trinajstić information content (AvgIpc) is 2.76. The SMILES string of the molecule is CCOc1ccc(C(C)NC(=O)C(CCSC)NC(=O)c2ccc(C(C)(C)C)cc2)cc1. The summed E-state index contributed by atoms with van der Waals surface area (Å²) in [5, 5.41) is 5.96. The van der Waals surface area contributed by atoms with E-state index >= 15 is 0 Å². The molecule has 2 atom stereocenters. The van der Waals surface area contributed by atoms with Gasteiger partial charge >= 0.3 is 0 Å². The van der Waals surface area contributed by atoms with E-state index in [1.165, 1.54) is 0 Å². The molecule has 2 aromatic carbocycles. The number of rotatable bonds is 10. The molecule has 2 amide bonds. The second kappa shape index (κ2) is 12.0.